The number of aryl methyl sites for hydroxylation is 1. The van der Waals surface area contributed by atoms with Gasteiger partial charge in [0, 0.05) is 12.8 Å². The summed E-state index contributed by atoms with van der Waals surface area (Å²) in [7, 11) is 0. The predicted molar refractivity (Wildman–Crippen MR) is 171 cm³/mol. The molecule has 1 heterocycles. The zero-order chi connectivity index (χ0) is 31.6. The molecule has 0 spiro atoms. The van der Waals surface area contributed by atoms with Crippen LogP contribution in [0, 0.1) is 5.41 Å². The van der Waals surface area contributed by atoms with Crippen molar-refractivity contribution in [2.24, 2.45) is 5.41 Å². The van der Waals surface area contributed by atoms with Crippen LogP contribution < -0.4 is 4.74 Å². The van der Waals surface area contributed by atoms with Gasteiger partial charge in [-0.3, -0.25) is 14.4 Å². The van der Waals surface area contributed by atoms with Crippen molar-refractivity contribution < 1.29 is 34.1 Å². The third-order valence-electron chi connectivity index (χ3n) is 7.33. The minimum Gasteiger partial charge on any atom is -0.494 e. The fraction of sp³-hybridized carbons (Fsp3) is 0.583. The highest BCUT2D eigenvalue weighted by atomic mass is 16.5. The summed E-state index contributed by atoms with van der Waals surface area (Å²) >= 11 is 0. The molecule has 1 saturated heterocycles. The van der Waals surface area contributed by atoms with Crippen molar-refractivity contribution >= 4 is 17.9 Å². The fourth-order valence-electron chi connectivity index (χ4n) is 4.34. The summed E-state index contributed by atoms with van der Waals surface area (Å²) in [6, 6.07) is 19.0. The zero-order valence-corrected chi connectivity index (χ0v) is 26.4. The summed E-state index contributed by atoms with van der Waals surface area (Å²) in [6.45, 7) is 4.45. The summed E-state index contributed by atoms with van der Waals surface area (Å²) in [6.07, 6.45) is 17.3. The number of carboxylic acid groups (broad SMARTS) is 2. The fourth-order valence-corrected chi connectivity index (χ4v) is 4.34. The molecule has 0 unspecified atom stereocenters. The molecule has 3 rings (SSSR count). The van der Waals surface area contributed by atoms with Gasteiger partial charge < -0.3 is 19.7 Å². The molecule has 7 nitrogen and oxygen atoms in total. The monoisotopic (exact) mass is 598 g/mol. The molecule has 2 aromatic rings. The Balaban J connectivity index is 0.000000330. The van der Waals surface area contributed by atoms with E-state index in [0.29, 0.717) is 32.5 Å². The maximum absolute atomic E-state index is 11.4. The van der Waals surface area contributed by atoms with Crippen molar-refractivity contribution in [1.29, 1.82) is 0 Å². The van der Waals surface area contributed by atoms with E-state index in [-0.39, 0.29) is 12.4 Å². The predicted octanol–water partition coefficient (Wildman–Crippen LogP) is 8.88. The minimum atomic E-state index is -0.792. The van der Waals surface area contributed by atoms with E-state index in [1.807, 2.05) is 60.7 Å². The van der Waals surface area contributed by atoms with Gasteiger partial charge in [0.25, 0.3) is 0 Å². The van der Waals surface area contributed by atoms with Crippen molar-refractivity contribution in [3.63, 3.8) is 0 Å². The first kappa shape index (κ1) is 37.7. The second-order valence-electron chi connectivity index (χ2n) is 11.7. The van der Waals surface area contributed by atoms with Crippen LogP contribution in [-0.4, -0.2) is 41.3 Å². The zero-order valence-electron chi connectivity index (χ0n) is 26.4. The number of aliphatic carboxylic acids is 2. The van der Waals surface area contributed by atoms with Gasteiger partial charge in [-0.25, -0.2) is 0 Å². The molecule has 0 atom stereocenters. The van der Waals surface area contributed by atoms with Crippen molar-refractivity contribution in [3.05, 3.63) is 66.2 Å². The van der Waals surface area contributed by atoms with Crippen LogP contribution >= 0.6 is 0 Å². The Kier molecular flexibility index (Phi) is 21.1. The van der Waals surface area contributed by atoms with E-state index >= 15 is 0 Å². The largest absolute Gasteiger partial charge is 0.494 e. The number of ether oxygens (including phenoxy) is 2. The molecule has 2 aromatic carbocycles. The van der Waals surface area contributed by atoms with Crippen molar-refractivity contribution in [3.8, 4) is 5.75 Å². The molecule has 1 aliphatic heterocycles. The molecule has 0 bridgehead atoms. The Hall–Kier alpha value is -3.35. The number of hydrogen-bond acceptors (Lipinski definition) is 5. The van der Waals surface area contributed by atoms with E-state index in [0.717, 1.165) is 24.2 Å². The lowest BCUT2D eigenvalue weighted by Gasteiger charge is -2.18. The van der Waals surface area contributed by atoms with Crippen LogP contribution in [-0.2, 0) is 25.5 Å². The SMILES string of the molecule is CC(C)(CCOc1ccccc1)C(=O)O.O=C(O)CCc1ccccc1.O=C1CCCCCCCCCCCCCCO1. The van der Waals surface area contributed by atoms with Crippen LogP contribution in [0.5, 0.6) is 5.75 Å². The normalized spacial score (nSPS) is 15.3. The third kappa shape index (κ3) is 21.9. The summed E-state index contributed by atoms with van der Waals surface area (Å²) in [5, 5.41) is 17.3. The van der Waals surface area contributed by atoms with Crippen LogP contribution in [0.25, 0.3) is 0 Å². The number of rotatable bonds is 8. The van der Waals surface area contributed by atoms with Gasteiger partial charge >= 0.3 is 17.9 Å². The quantitative estimate of drug-likeness (QED) is 0.292. The van der Waals surface area contributed by atoms with E-state index in [9.17, 15) is 14.4 Å². The van der Waals surface area contributed by atoms with E-state index in [1.165, 1.54) is 64.2 Å². The van der Waals surface area contributed by atoms with Gasteiger partial charge in [0.05, 0.1) is 18.6 Å². The number of esters is 1. The molecule has 0 amide bonds. The maximum Gasteiger partial charge on any atom is 0.309 e. The number of carbonyl (C=O) groups excluding carboxylic acids is 1. The molecule has 0 aliphatic carbocycles. The Labute approximate surface area is 259 Å². The highest BCUT2D eigenvalue weighted by molar-refractivity contribution is 5.73. The number of carboxylic acids is 2. The smallest absolute Gasteiger partial charge is 0.309 e. The molecular weight excluding hydrogens is 544 g/mol. The first-order chi connectivity index (χ1) is 20.7. The van der Waals surface area contributed by atoms with Crippen molar-refractivity contribution in [2.75, 3.05) is 13.2 Å². The highest BCUT2D eigenvalue weighted by Gasteiger charge is 2.26. The molecule has 240 valence electrons. The molecule has 1 aliphatic rings. The highest BCUT2D eigenvalue weighted by Crippen LogP contribution is 2.21. The van der Waals surface area contributed by atoms with E-state index in [2.05, 4.69) is 0 Å². The van der Waals surface area contributed by atoms with E-state index < -0.39 is 17.4 Å². The number of benzene rings is 2. The second-order valence-corrected chi connectivity index (χ2v) is 11.7. The standard InChI is InChI=1S/C15H28O2.C12H16O3.C9H10O2/c16-15-13-11-9-7-5-3-1-2-4-6-8-10-12-14-17-15;1-12(2,11(13)14)8-9-15-10-6-4-3-5-7-10;10-9(11)7-6-8-4-2-1-3-5-8/h1-14H2;3-7H,8-9H2,1-2H3,(H,13,14);1-5H,6-7H2,(H,10,11). The molecule has 0 saturated carbocycles. The van der Waals surface area contributed by atoms with Crippen molar-refractivity contribution in [1.82, 2.24) is 0 Å². The van der Waals surface area contributed by atoms with Gasteiger partial charge in [-0.1, -0.05) is 113 Å². The molecule has 0 aromatic heterocycles. The Morgan fingerprint density at radius 3 is 1.74 bits per heavy atom. The Morgan fingerprint density at radius 2 is 1.23 bits per heavy atom. The molecule has 7 heteroatoms. The molecule has 2 N–H and O–H groups in total. The topological polar surface area (TPSA) is 110 Å². The Bertz CT molecular complexity index is 971. The van der Waals surface area contributed by atoms with Gasteiger partial charge in [-0.2, -0.15) is 0 Å². The second kappa shape index (κ2) is 24.1. The average molecular weight is 599 g/mol. The first-order valence-electron chi connectivity index (χ1n) is 16.0. The van der Waals surface area contributed by atoms with Crippen LogP contribution in [0.4, 0.5) is 0 Å². The Morgan fingerprint density at radius 1 is 0.744 bits per heavy atom. The third-order valence-corrected chi connectivity index (χ3v) is 7.33. The van der Waals surface area contributed by atoms with Gasteiger partial charge in [0.15, 0.2) is 0 Å². The van der Waals surface area contributed by atoms with Crippen LogP contribution in [0.3, 0.4) is 0 Å². The van der Waals surface area contributed by atoms with Gasteiger partial charge in [-0.05, 0) is 57.2 Å². The summed E-state index contributed by atoms with van der Waals surface area (Å²) in [5.41, 5.74) is 0.351. The molecule has 0 radical (unpaired) electrons. The summed E-state index contributed by atoms with van der Waals surface area (Å²) in [4.78, 5) is 32.3. The lowest BCUT2D eigenvalue weighted by molar-refractivity contribution is -0.147. The number of hydrogen-bond donors (Lipinski definition) is 2. The van der Waals surface area contributed by atoms with Gasteiger partial charge in [0.1, 0.15) is 5.75 Å². The van der Waals surface area contributed by atoms with Crippen LogP contribution in [0.2, 0.25) is 0 Å². The number of para-hydroxylation sites is 1. The number of carbonyl (C=O) groups is 3. The maximum atomic E-state index is 11.4. The van der Waals surface area contributed by atoms with E-state index in [4.69, 9.17) is 19.7 Å². The molecule has 43 heavy (non-hydrogen) atoms. The van der Waals surface area contributed by atoms with Crippen LogP contribution in [0.1, 0.15) is 116 Å². The minimum absolute atomic E-state index is 0.0112. The number of cyclic esters (lactones) is 1. The lowest BCUT2D eigenvalue weighted by atomic mass is 9.90. The van der Waals surface area contributed by atoms with Gasteiger partial charge in [-0.15, -0.1) is 0 Å². The average Bonchev–Trinajstić information content (AvgIpc) is 2.99. The molecular formula is C36H54O7. The van der Waals surface area contributed by atoms with E-state index in [1.54, 1.807) is 13.8 Å². The van der Waals surface area contributed by atoms with Crippen LogP contribution in [0.15, 0.2) is 60.7 Å². The van der Waals surface area contributed by atoms with Crippen molar-refractivity contribution in [2.45, 2.75) is 117 Å². The summed E-state index contributed by atoms with van der Waals surface area (Å²) < 4.78 is 10.6. The lowest BCUT2D eigenvalue weighted by Crippen LogP contribution is -2.25. The molecule has 1 fully saturated rings. The van der Waals surface area contributed by atoms with Gasteiger partial charge in [0.2, 0.25) is 0 Å². The summed E-state index contributed by atoms with van der Waals surface area (Å²) in [5.74, 6) is -0.746. The first-order valence-corrected chi connectivity index (χ1v) is 16.0.